The average molecular weight is 138 g/mol. The average Bonchev–Trinajstić information content (AvgIpc) is 1.76. The van der Waals surface area contributed by atoms with Crippen LogP contribution in [0.1, 0.15) is 20.3 Å². The van der Waals surface area contributed by atoms with Crippen LogP contribution < -0.4 is 0 Å². The van der Waals surface area contributed by atoms with E-state index in [4.69, 9.17) is 5.26 Å². The molecule has 1 heterocycles. The van der Waals surface area contributed by atoms with Crippen molar-refractivity contribution < 1.29 is 0 Å². The SMILES string of the molecule is CC(C)N1CC(CC#N)C1. The summed E-state index contributed by atoms with van der Waals surface area (Å²) in [4.78, 5) is 2.39. The Morgan fingerprint density at radius 1 is 1.60 bits per heavy atom. The van der Waals surface area contributed by atoms with Gasteiger partial charge in [-0.25, -0.2) is 0 Å². The largest absolute Gasteiger partial charge is 0.300 e. The van der Waals surface area contributed by atoms with Gasteiger partial charge in [-0.05, 0) is 19.8 Å². The molecule has 1 fully saturated rings. The molecule has 0 aromatic heterocycles. The normalized spacial score (nSPS) is 20.6. The second-order valence-corrected chi connectivity index (χ2v) is 3.28. The molecule has 0 aromatic rings. The lowest BCUT2D eigenvalue weighted by molar-refractivity contribution is 0.0706. The first-order valence-corrected chi connectivity index (χ1v) is 3.85. The van der Waals surface area contributed by atoms with Crippen LogP contribution in [0, 0.1) is 17.2 Å². The van der Waals surface area contributed by atoms with Crippen LogP contribution in [0.3, 0.4) is 0 Å². The Balaban J connectivity index is 2.13. The molecule has 0 N–H and O–H groups in total. The topological polar surface area (TPSA) is 27.0 Å². The Bertz CT molecular complexity index is 140. The summed E-state index contributed by atoms with van der Waals surface area (Å²) in [6.45, 7) is 6.65. The van der Waals surface area contributed by atoms with E-state index in [0.29, 0.717) is 12.0 Å². The minimum absolute atomic E-state index is 0.660. The predicted molar refractivity (Wildman–Crippen MR) is 40.4 cm³/mol. The summed E-state index contributed by atoms with van der Waals surface area (Å²) in [5, 5.41) is 8.36. The molecule has 0 aliphatic carbocycles. The van der Waals surface area contributed by atoms with E-state index in [0.717, 1.165) is 19.5 Å². The Labute approximate surface area is 62.4 Å². The lowest BCUT2D eigenvalue weighted by Crippen LogP contribution is -2.49. The third-order valence-electron chi connectivity index (χ3n) is 2.10. The Hall–Kier alpha value is -0.550. The van der Waals surface area contributed by atoms with Gasteiger partial charge >= 0.3 is 0 Å². The van der Waals surface area contributed by atoms with Crippen LogP contribution in [0.2, 0.25) is 0 Å². The van der Waals surface area contributed by atoms with Crippen LogP contribution in [0.15, 0.2) is 0 Å². The monoisotopic (exact) mass is 138 g/mol. The van der Waals surface area contributed by atoms with E-state index in [9.17, 15) is 0 Å². The molecule has 1 rings (SSSR count). The van der Waals surface area contributed by atoms with Gasteiger partial charge in [0, 0.05) is 25.6 Å². The van der Waals surface area contributed by atoms with Crippen molar-refractivity contribution in [2.75, 3.05) is 13.1 Å². The first-order valence-electron chi connectivity index (χ1n) is 3.85. The van der Waals surface area contributed by atoms with Gasteiger partial charge in [-0.2, -0.15) is 5.26 Å². The molecule has 0 aromatic carbocycles. The number of rotatable bonds is 2. The fourth-order valence-electron chi connectivity index (χ4n) is 1.29. The van der Waals surface area contributed by atoms with Crippen LogP contribution in [-0.2, 0) is 0 Å². The molecule has 2 nitrogen and oxygen atoms in total. The Kier molecular flexibility index (Phi) is 2.29. The van der Waals surface area contributed by atoms with Crippen LogP contribution in [0.4, 0.5) is 0 Å². The van der Waals surface area contributed by atoms with Gasteiger partial charge in [0.15, 0.2) is 0 Å². The predicted octanol–water partition coefficient (Wildman–Crippen LogP) is 1.24. The zero-order chi connectivity index (χ0) is 7.56. The second-order valence-electron chi connectivity index (χ2n) is 3.28. The molecule has 1 saturated heterocycles. The molecular weight excluding hydrogens is 124 g/mol. The lowest BCUT2D eigenvalue weighted by Gasteiger charge is -2.41. The molecule has 0 saturated carbocycles. The number of hydrogen-bond acceptors (Lipinski definition) is 2. The smallest absolute Gasteiger partial charge is 0.0625 e. The van der Waals surface area contributed by atoms with E-state index >= 15 is 0 Å². The molecule has 1 aliphatic heterocycles. The molecule has 10 heavy (non-hydrogen) atoms. The maximum atomic E-state index is 8.36. The van der Waals surface area contributed by atoms with E-state index in [1.54, 1.807) is 0 Å². The van der Waals surface area contributed by atoms with Crippen molar-refractivity contribution in [2.24, 2.45) is 5.92 Å². The number of likely N-dealkylation sites (tertiary alicyclic amines) is 1. The molecule has 1 aliphatic rings. The van der Waals surface area contributed by atoms with Crippen molar-refractivity contribution in [3.63, 3.8) is 0 Å². The molecule has 0 spiro atoms. The fourth-order valence-corrected chi connectivity index (χ4v) is 1.29. The summed E-state index contributed by atoms with van der Waals surface area (Å²) in [6, 6.07) is 2.86. The summed E-state index contributed by atoms with van der Waals surface area (Å²) >= 11 is 0. The van der Waals surface area contributed by atoms with Gasteiger partial charge in [0.25, 0.3) is 0 Å². The number of nitriles is 1. The van der Waals surface area contributed by atoms with Crippen molar-refractivity contribution in [3.05, 3.63) is 0 Å². The van der Waals surface area contributed by atoms with Gasteiger partial charge in [-0.15, -0.1) is 0 Å². The minimum atomic E-state index is 0.660. The third-order valence-corrected chi connectivity index (χ3v) is 2.10. The second kappa shape index (κ2) is 3.03. The summed E-state index contributed by atoms with van der Waals surface area (Å²) in [5.74, 6) is 0.660. The van der Waals surface area contributed by atoms with Crippen LogP contribution in [0.5, 0.6) is 0 Å². The summed E-state index contributed by atoms with van der Waals surface area (Å²) < 4.78 is 0. The first-order chi connectivity index (χ1) is 4.74. The van der Waals surface area contributed by atoms with Gasteiger partial charge in [0.05, 0.1) is 6.07 Å². The summed E-state index contributed by atoms with van der Waals surface area (Å²) in [7, 11) is 0. The maximum Gasteiger partial charge on any atom is 0.0625 e. The molecule has 56 valence electrons. The zero-order valence-corrected chi connectivity index (χ0v) is 6.67. The minimum Gasteiger partial charge on any atom is -0.300 e. The number of hydrogen-bond donors (Lipinski definition) is 0. The molecule has 2 heteroatoms. The molecule has 0 unspecified atom stereocenters. The number of nitrogens with zero attached hydrogens (tertiary/aromatic N) is 2. The van der Waals surface area contributed by atoms with E-state index in [1.807, 2.05) is 0 Å². The Morgan fingerprint density at radius 2 is 2.20 bits per heavy atom. The molecule has 0 radical (unpaired) electrons. The van der Waals surface area contributed by atoms with Crippen LogP contribution in [-0.4, -0.2) is 24.0 Å². The highest BCUT2D eigenvalue weighted by atomic mass is 15.2. The van der Waals surface area contributed by atoms with Gasteiger partial charge in [-0.1, -0.05) is 0 Å². The van der Waals surface area contributed by atoms with Crippen molar-refractivity contribution in [3.8, 4) is 6.07 Å². The maximum absolute atomic E-state index is 8.36. The highest BCUT2D eigenvalue weighted by Crippen LogP contribution is 2.20. The Morgan fingerprint density at radius 3 is 2.60 bits per heavy atom. The van der Waals surface area contributed by atoms with Gasteiger partial charge in [-0.3, -0.25) is 0 Å². The van der Waals surface area contributed by atoms with Gasteiger partial charge in [0.2, 0.25) is 0 Å². The van der Waals surface area contributed by atoms with Crippen molar-refractivity contribution >= 4 is 0 Å². The molecular formula is C8H14N2. The summed E-state index contributed by atoms with van der Waals surface area (Å²) in [5.41, 5.74) is 0. The summed E-state index contributed by atoms with van der Waals surface area (Å²) in [6.07, 6.45) is 0.739. The first kappa shape index (κ1) is 7.56. The molecule has 0 bridgehead atoms. The lowest BCUT2D eigenvalue weighted by atomic mass is 9.96. The van der Waals surface area contributed by atoms with E-state index in [1.165, 1.54) is 0 Å². The van der Waals surface area contributed by atoms with E-state index < -0.39 is 0 Å². The van der Waals surface area contributed by atoms with Crippen molar-refractivity contribution in [1.29, 1.82) is 5.26 Å². The molecule has 0 atom stereocenters. The quantitative estimate of drug-likeness (QED) is 0.574. The highest BCUT2D eigenvalue weighted by Gasteiger charge is 2.27. The van der Waals surface area contributed by atoms with E-state index in [2.05, 4.69) is 24.8 Å². The van der Waals surface area contributed by atoms with Crippen molar-refractivity contribution in [1.82, 2.24) is 4.90 Å². The van der Waals surface area contributed by atoms with Crippen LogP contribution >= 0.6 is 0 Å². The zero-order valence-electron chi connectivity index (χ0n) is 6.67. The van der Waals surface area contributed by atoms with Gasteiger partial charge < -0.3 is 4.90 Å². The third kappa shape index (κ3) is 1.48. The van der Waals surface area contributed by atoms with Crippen LogP contribution in [0.25, 0.3) is 0 Å². The van der Waals surface area contributed by atoms with Crippen molar-refractivity contribution in [2.45, 2.75) is 26.3 Å². The van der Waals surface area contributed by atoms with Gasteiger partial charge in [0.1, 0.15) is 0 Å². The van der Waals surface area contributed by atoms with E-state index in [-0.39, 0.29) is 0 Å². The standard InChI is InChI=1S/C8H14N2/c1-7(2)10-5-8(6-10)3-4-9/h7-8H,3,5-6H2,1-2H3. The highest BCUT2D eigenvalue weighted by molar-refractivity contribution is 4.88. The fraction of sp³-hybridized carbons (Fsp3) is 0.875. The molecule has 0 amide bonds.